The van der Waals surface area contributed by atoms with Crippen molar-refractivity contribution < 1.29 is 4.79 Å². The highest BCUT2D eigenvalue weighted by molar-refractivity contribution is 9.10. The van der Waals surface area contributed by atoms with Gasteiger partial charge in [0.1, 0.15) is 0 Å². The Labute approximate surface area is 147 Å². The Morgan fingerprint density at radius 1 is 1.22 bits per heavy atom. The number of aryl methyl sites for hydroxylation is 1. The lowest BCUT2D eigenvalue weighted by Crippen LogP contribution is -2.27. The van der Waals surface area contributed by atoms with Gasteiger partial charge >= 0.3 is 0 Å². The van der Waals surface area contributed by atoms with Crippen molar-refractivity contribution in [2.24, 2.45) is 5.10 Å². The van der Waals surface area contributed by atoms with Gasteiger partial charge in [0.2, 0.25) is 0 Å². The van der Waals surface area contributed by atoms with E-state index in [0.29, 0.717) is 10.8 Å². The highest BCUT2D eigenvalue weighted by Crippen LogP contribution is 2.26. The number of fused-ring (bicyclic) bond motifs is 1. The van der Waals surface area contributed by atoms with E-state index in [1.54, 1.807) is 0 Å². The first-order valence-electron chi connectivity index (χ1n) is 6.85. The van der Waals surface area contributed by atoms with Crippen LogP contribution in [0.15, 0.2) is 52.0 Å². The minimum Gasteiger partial charge on any atom is -0.331 e. The van der Waals surface area contributed by atoms with Crippen molar-refractivity contribution in [3.05, 3.63) is 58.1 Å². The first kappa shape index (κ1) is 15.6. The van der Waals surface area contributed by atoms with Crippen LogP contribution in [0.2, 0.25) is 0 Å². The van der Waals surface area contributed by atoms with Gasteiger partial charge in [-0.2, -0.15) is 5.10 Å². The fourth-order valence-corrected chi connectivity index (χ4v) is 2.66. The SMILES string of the molecule is Cc1ccc(NC(=S)N/N=C2\C(=O)Nc3ccc(Br)cc32)cc1. The number of hydrogen-bond acceptors (Lipinski definition) is 3. The normalized spacial score (nSPS) is 14.3. The van der Waals surface area contributed by atoms with Crippen molar-refractivity contribution in [1.29, 1.82) is 0 Å². The highest BCUT2D eigenvalue weighted by Gasteiger charge is 2.26. The number of nitrogens with zero attached hydrogens (tertiary/aromatic N) is 1. The monoisotopic (exact) mass is 388 g/mol. The number of halogens is 1. The highest BCUT2D eigenvalue weighted by atomic mass is 79.9. The van der Waals surface area contributed by atoms with Crippen LogP contribution in [0.3, 0.4) is 0 Å². The molecule has 0 spiro atoms. The summed E-state index contributed by atoms with van der Waals surface area (Å²) >= 11 is 8.59. The fourth-order valence-electron chi connectivity index (χ4n) is 2.14. The molecule has 23 heavy (non-hydrogen) atoms. The van der Waals surface area contributed by atoms with E-state index in [9.17, 15) is 4.79 Å². The van der Waals surface area contributed by atoms with E-state index < -0.39 is 0 Å². The van der Waals surface area contributed by atoms with Crippen LogP contribution >= 0.6 is 28.1 Å². The molecule has 0 radical (unpaired) electrons. The first-order valence-corrected chi connectivity index (χ1v) is 8.06. The molecule has 1 aliphatic heterocycles. The fraction of sp³-hybridized carbons (Fsp3) is 0.0625. The second-order valence-electron chi connectivity index (χ2n) is 5.04. The number of thiocarbonyl (C=S) groups is 1. The zero-order valence-electron chi connectivity index (χ0n) is 12.2. The summed E-state index contributed by atoms with van der Waals surface area (Å²) in [5.41, 5.74) is 6.50. The summed E-state index contributed by atoms with van der Waals surface area (Å²) in [5.74, 6) is -0.260. The molecule has 116 valence electrons. The van der Waals surface area contributed by atoms with Crippen molar-refractivity contribution >= 4 is 56.3 Å². The van der Waals surface area contributed by atoms with Gasteiger partial charge in [0.25, 0.3) is 5.91 Å². The Bertz CT molecular complexity index is 817. The lowest BCUT2D eigenvalue weighted by atomic mass is 10.1. The molecule has 0 saturated heterocycles. The number of carbonyl (C=O) groups is 1. The smallest absolute Gasteiger partial charge is 0.276 e. The van der Waals surface area contributed by atoms with Crippen LogP contribution in [-0.2, 0) is 4.79 Å². The summed E-state index contributed by atoms with van der Waals surface area (Å²) in [6, 6.07) is 13.3. The van der Waals surface area contributed by atoms with Crippen molar-refractivity contribution in [3.8, 4) is 0 Å². The summed E-state index contributed by atoms with van der Waals surface area (Å²) < 4.78 is 0.876. The van der Waals surface area contributed by atoms with E-state index in [2.05, 4.69) is 37.1 Å². The molecule has 1 heterocycles. The minimum atomic E-state index is -0.260. The van der Waals surface area contributed by atoms with E-state index in [1.807, 2.05) is 49.4 Å². The Morgan fingerprint density at radius 3 is 2.70 bits per heavy atom. The number of anilines is 2. The molecule has 1 amide bonds. The zero-order valence-corrected chi connectivity index (χ0v) is 14.6. The minimum absolute atomic E-state index is 0.260. The molecule has 3 N–H and O–H groups in total. The predicted octanol–water partition coefficient (Wildman–Crippen LogP) is 3.40. The number of carbonyl (C=O) groups excluding carboxylic acids is 1. The first-order chi connectivity index (χ1) is 11.0. The number of rotatable bonds is 2. The molecule has 3 rings (SSSR count). The van der Waals surface area contributed by atoms with Crippen LogP contribution in [0.4, 0.5) is 11.4 Å². The third kappa shape index (κ3) is 3.57. The van der Waals surface area contributed by atoms with E-state index in [-0.39, 0.29) is 5.91 Å². The largest absolute Gasteiger partial charge is 0.331 e. The van der Waals surface area contributed by atoms with Crippen LogP contribution < -0.4 is 16.1 Å². The van der Waals surface area contributed by atoms with Crippen molar-refractivity contribution in [2.75, 3.05) is 10.6 Å². The van der Waals surface area contributed by atoms with E-state index in [4.69, 9.17) is 12.2 Å². The summed E-state index contributed by atoms with van der Waals surface area (Å²) in [5, 5.41) is 10.2. The third-order valence-corrected chi connectivity index (χ3v) is 3.97. The van der Waals surface area contributed by atoms with Gasteiger partial charge < -0.3 is 10.6 Å². The molecule has 0 fully saturated rings. The van der Waals surface area contributed by atoms with Gasteiger partial charge in [-0.15, -0.1) is 0 Å². The number of hydrogen-bond donors (Lipinski definition) is 3. The van der Waals surface area contributed by atoms with Crippen LogP contribution in [0, 0.1) is 6.92 Å². The van der Waals surface area contributed by atoms with Crippen molar-refractivity contribution in [2.45, 2.75) is 6.92 Å². The molecule has 1 aliphatic rings. The van der Waals surface area contributed by atoms with Crippen LogP contribution in [-0.4, -0.2) is 16.7 Å². The average molecular weight is 389 g/mol. The molecule has 7 heteroatoms. The molecule has 5 nitrogen and oxygen atoms in total. The van der Waals surface area contributed by atoms with Crippen LogP contribution in [0.1, 0.15) is 11.1 Å². The number of amides is 1. The van der Waals surface area contributed by atoms with Gasteiger partial charge in [-0.25, -0.2) is 0 Å². The molecule has 0 atom stereocenters. The van der Waals surface area contributed by atoms with Gasteiger partial charge in [-0.1, -0.05) is 33.6 Å². The second-order valence-corrected chi connectivity index (χ2v) is 6.36. The maximum absolute atomic E-state index is 12.0. The zero-order chi connectivity index (χ0) is 16.4. The van der Waals surface area contributed by atoms with E-state index >= 15 is 0 Å². The number of benzene rings is 2. The lowest BCUT2D eigenvalue weighted by molar-refractivity contribution is -0.110. The Kier molecular flexibility index (Phi) is 4.40. The molecule has 2 aromatic carbocycles. The van der Waals surface area contributed by atoms with Gasteiger partial charge in [-0.05, 0) is 49.5 Å². The molecule has 2 aromatic rings. The van der Waals surface area contributed by atoms with Gasteiger partial charge in [0, 0.05) is 15.7 Å². The van der Waals surface area contributed by atoms with Gasteiger partial charge in [0.05, 0.1) is 5.69 Å². The lowest BCUT2D eigenvalue weighted by Gasteiger charge is -2.07. The summed E-state index contributed by atoms with van der Waals surface area (Å²) in [4.78, 5) is 12.0. The molecular formula is C16H13BrN4OS. The summed E-state index contributed by atoms with van der Waals surface area (Å²) in [7, 11) is 0. The number of nitrogens with one attached hydrogen (secondary N) is 3. The average Bonchev–Trinajstić information content (AvgIpc) is 2.82. The molecular weight excluding hydrogens is 376 g/mol. The van der Waals surface area contributed by atoms with Crippen molar-refractivity contribution in [3.63, 3.8) is 0 Å². The topological polar surface area (TPSA) is 65.5 Å². The third-order valence-electron chi connectivity index (χ3n) is 3.28. The van der Waals surface area contributed by atoms with Crippen LogP contribution in [0.25, 0.3) is 0 Å². The van der Waals surface area contributed by atoms with E-state index in [0.717, 1.165) is 21.4 Å². The van der Waals surface area contributed by atoms with Crippen molar-refractivity contribution in [1.82, 2.24) is 5.43 Å². The van der Waals surface area contributed by atoms with Crippen LogP contribution in [0.5, 0.6) is 0 Å². The summed E-state index contributed by atoms with van der Waals surface area (Å²) in [6.45, 7) is 2.01. The maximum Gasteiger partial charge on any atom is 0.276 e. The number of hydrazone groups is 1. The maximum atomic E-state index is 12.0. The second kappa shape index (κ2) is 6.47. The van der Waals surface area contributed by atoms with Gasteiger partial charge in [0.15, 0.2) is 10.8 Å². The van der Waals surface area contributed by atoms with Gasteiger partial charge in [-0.3, -0.25) is 10.2 Å². The molecule has 0 bridgehead atoms. The predicted molar refractivity (Wildman–Crippen MR) is 99.8 cm³/mol. The van der Waals surface area contributed by atoms with E-state index in [1.165, 1.54) is 5.56 Å². The summed E-state index contributed by atoms with van der Waals surface area (Å²) in [6.07, 6.45) is 0. The molecule has 0 unspecified atom stereocenters. The molecule has 0 aliphatic carbocycles. The Balaban J connectivity index is 1.73. The standard InChI is InChI=1S/C16H13BrN4OS/c1-9-2-5-11(6-3-9)18-16(23)21-20-14-12-8-10(17)4-7-13(12)19-15(14)22/h2-8H,1H3,(H2,18,21,23)(H,19,20,22). The Hall–Kier alpha value is -2.25. The molecule has 0 aromatic heterocycles. The Morgan fingerprint density at radius 2 is 1.96 bits per heavy atom. The molecule has 0 saturated carbocycles. The quantitative estimate of drug-likeness (QED) is 0.544.